The van der Waals surface area contributed by atoms with Crippen molar-refractivity contribution in [2.45, 2.75) is 64.1 Å². The van der Waals surface area contributed by atoms with Crippen LogP contribution in [0.25, 0.3) is 44.4 Å². The molecule has 0 bridgehead atoms. The van der Waals surface area contributed by atoms with E-state index in [4.69, 9.17) is 0 Å². The van der Waals surface area contributed by atoms with Crippen molar-refractivity contribution in [2.75, 3.05) is 55.0 Å². The SMILES string of the molecule is CCC.CN(C)C(C=O)c1ccccc1.CN1CCCC1c1ncc(-c2ccc(-c3ccc4cc(-c5cnc(C6CCCN6C(=O)CNC=O)[nH]5)ccc4c3)cc2)[nH]1.COC. The van der Waals surface area contributed by atoms with Gasteiger partial charge in [0.05, 0.1) is 48.5 Å². The van der Waals surface area contributed by atoms with Crippen LogP contribution in [0, 0.1) is 0 Å². The Balaban J connectivity index is 0.000000329. The molecule has 2 aromatic heterocycles. The van der Waals surface area contributed by atoms with Crippen molar-refractivity contribution >= 4 is 29.4 Å². The number of fused-ring (bicyclic) bond motifs is 1. The number of carbonyl (C=O) groups excluding carboxylic acids is 3. The van der Waals surface area contributed by atoms with Gasteiger partial charge in [0.2, 0.25) is 12.3 Å². The summed E-state index contributed by atoms with van der Waals surface area (Å²) >= 11 is 0. The summed E-state index contributed by atoms with van der Waals surface area (Å²) in [5, 5.41) is 4.78. The summed E-state index contributed by atoms with van der Waals surface area (Å²) in [7, 11) is 9.21. The van der Waals surface area contributed by atoms with Gasteiger partial charge in [-0.25, -0.2) is 9.97 Å². The number of aldehydes is 1. The zero-order valence-electron chi connectivity index (χ0n) is 36.7. The number of amides is 2. The number of nitrogens with one attached hydrogen (secondary N) is 3. The number of aromatic nitrogens is 4. The first kappa shape index (κ1) is 46.1. The highest BCUT2D eigenvalue weighted by Crippen LogP contribution is 2.34. The maximum Gasteiger partial charge on any atom is 0.242 e. The lowest BCUT2D eigenvalue weighted by Gasteiger charge is -2.23. The Bertz CT molecular complexity index is 2270. The standard InChI is InChI=1S/C34H35N7O2.C10H13NO.C3H8.C2H6O/c1-40-14-2-4-30(40)33-36-18-28(38-33)23-8-6-22(7-9-23)24-10-11-26-17-27(13-12-25(26)16-24)29-19-37-34(39-29)31-5-3-15-41(31)32(43)20-35-21-42;1-11(2)10(8-12)9-6-4-3-5-7-9;2*1-3-2/h6-13,16-19,21,30-31H,2-5,14-15,20H2,1H3,(H,35,42)(H,36,38)(H,37,39);3-8,10H,1-2H3;3H2,1-2H3;1-2H3. The number of rotatable bonds is 11. The topological polar surface area (TPSA) is 140 Å². The number of hydrogen-bond donors (Lipinski definition) is 3. The third kappa shape index (κ3) is 12.1. The van der Waals surface area contributed by atoms with Crippen LogP contribution in [0.1, 0.15) is 81.3 Å². The molecular weight excluding hydrogens is 765 g/mol. The Morgan fingerprint density at radius 2 is 1.31 bits per heavy atom. The molecule has 3 atom stereocenters. The van der Waals surface area contributed by atoms with Crippen molar-refractivity contribution in [3.05, 3.63) is 121 Å². The van der Waals surface area contributed by atoms with Gasteiger partial charge < -0.3 is 29.7 Å². The Morgan fingerprint density at radius 3 is 1.89 bits per heavy atom. The lowest BCUT2D eigenvalue weighted by molar-refractivity contribution is -0.132. The highest BCUT2D eigenvalue weighted by atomic mass is 16.4. The minimum atomic E-state index is -0.119. The van der Waals surface area contributed by atoms with Gasteiger partial charge in [0.15, 0.2) is 0 Å². The number of ether oxygens (including phenoxy) is 1. The van der Waals surface area contributed by atoms with Gasteiger partial charge in [-0.2, -0.15) is 0 Å². The minimum absolute atomic E-state index is 0.00779. The highest BCUT2D eigenvalue weighted by molar-refractivity contribution is 5.90. The van der Waals surface area contributed by atoms with Crippen LogP contribution in [-0.4, -0.2) is 108 Å². The van der Waals surface area contributed by atoms with Crippen molar-refractivity contribution in [3.8, 4) is 33.6 Å². The summed E-state index contributed by atoms with van der Waals surface area (Å²) in [6, 6.07) is 31.5. The zero-order chi connectivity index (χ0) is 43.7. The number of nitrogens with zero attached hydrogens (tertiary/aromatic N) is 5. The molecule has 61 heavy (non-hydrogen) atoms. The predicted molar refractivity (Wildman–Crippen MR) is 245 cm³/mol. The van der Waals surface area contributed by atoms with E-state index in [1.54, 1.807) is 19.1 Å². The van der Waals surface area contributed by atoms with Crippen molar-refractivity contribution in [1.82, 2.24) is 40.0 Å². The van der Waals surface area contributed by atoms with Crippen LogP contribution in [0.5, 0.6) is 0 Å². The molecule has 2 saturated heterocycles. The Kier molecular flexibility index (Phi) is 17.5. The molecule has 322 valence electrons. The Hall–Kier alpha value is -5.95. The number of hydrogen-bond acceptors (Lipinski definition) is 8. The molecule has 2 aliphatic rings. The van der Waals surface area contributed by atoms with Gasteiger partial charge in [-0.3, -0.25) is 19.4 Å². The third-order valence-corrected chi connectivity index (χ3v) is 10.8. The van der Waals surface area contributed by atoms with Gasteiger partial charge in [0.25, 0.3) is 0 Å². The van der Waals surface area contributed by atoms with E-state index in [0.29, 0.717) is 19.0 Å². The van der Waals surface area contributed by atoms with E-state index in [1.807, 2.05) is 61.7 Å². The molecular formula is C49H62N8O4. The summed E-state index contributed by atoms with van der Waals surface area (Å²) < 4.78 is 4.25. The number of carbonyl (C=O) groups is 3. The molecule has 2 amide bonds. The largest absolute Gasteiger partial charge is 0.388 e. The van der Waals surface area contributed by atoms with Crippen LogP contribution in [0.3, 0.4) is 0 Å². The number of aromatic amines is 2. The van der Waals surface area contributed by atoms with E-state index in [9.17, 15) is 14.4 Å². The highest BCUT2D eigenvalue weighted by Gasteiger charge is 2.32. The second kappa shape index (κ2) is 23.2. The van der Waals surface area contributed by atoms with E-state index >= 15 is 0 Å². The molecule has 4 heterocycles. The Labute approximate surface area is 360 Å². The van der Waals surface area contributed by atoms with Crippen LogP contribution in [0.15, 0.2) is 103 Å². The van der Waals surface area contributed by atoms with E-state index < -0.39 is 0 Å². The van der Waals surface area contributed by atoms with Gasteiger partial charge in [0.1, 0.15) is 17.9 Å². The quantitative estimate of drug-likeness (QED) is 0.110. The first-order chi connectivity index (χ1) is 29.6. The van der Waals surface area contributed by atoms with Crippen molar-refractivity contribution in [2.24, 2.45) is 0 Å². The van der Waals surface area contributed by atoms with Crippen molar-refractivity contribution < 1.29 is 19.1 Å². The van der Waals surface area contributed by atoms with Crippen LogP contribution in [-0.2, 0) is 19.1 Å². The van der Waals surface area contributed by atoms with Gasteiger partial charge >= 0.3 is 0 Å². The van der Waals surface area contributed by atoms with Gasteiger partial charge in [-0.1, -0.05) is 99.1 Å². The average molecular weight is 827 g/mol. The van der Waals surface area contributed by atoms with E-state index in [1.165, 1.54) is 29.4 Å². The van der Waals surface area contributed by atoms with Crippen molar-refractivity contribution in [3.63, 3.8) is 0 Å². The zero-order valence-corrected chi connectivity index (χ0v) is 36.7. The fraction of sp³-hybridized carbons (Fsp3) is 0.367. The molecule has 6 aromatic rings. The second-order valence-electron chi connectivity index (χ2n) is 15.7. The summed E-state index contributed by atoms with van der Waals surface area (Å²) in [6.07, 6.45) is 10.7. The summed E-state index contributed by atoms with van der Waals surface area (Å²) in [6.45, 7) is 6.05. The molecule has 0 saturated carbocycles. The van der Waals surface area contributed by atoms with Crippen LogP contribution < -0.4 is 5.32 Å². The van der Waals surface area contributed by atoms with Gasteiger partial charge in [-0.15, -0.1) is 0 Å². The molecule has 2 fully saturated rings. The fourth-order valence-electron chi connectivity index (χ4n) is 7.72. The molecule has 12 heteroatoms. The molecule has 0 aliphatic carbocycles. The molecule has 0 radical (unpaired) electrons. The number of methoxy groups -OCH3 is 1. The molecule has 0 spiro atoms. The first-order valence-electron chi connectivity index (χ1n) is 21.1. The van der Waals surface area contributed by atoms with E-state index in [2.05, 4.69) is 116 Å². The van der Waals surface area contributed by atoms with Crippen LogP contribution in [0.2, 0.25) is 0 Å². The molecule has 3 unspecified atom stereocenters. The summed E-state index contributed by atoms with van der Waals surface area (Å²) in [4.78, 5) is 56.2. The maximum atomic E-state index is 12.5. The number of likely N-dealkylation sites (tertiary alicyclic amines) is 2. The maximum absolute atomic E-state index is 12.5. The van der Waals surface area contributed by atoms with Crippen molar-refractivity contribution in [1.29, 1.82) is 0 Å². The van der Waals surface area contributed by atoms with Crippen LogP contribution >= 0.6 is 0 Å². The molecule has 4 aromatic carbocycles. The smallest absolute Gasteiger partial charge is 0.242 e. The Morgan fingerprint density at radius 1 is 0.787 bits per heavy atom. The minimum Gasteiger partial charge on any atom is -0.388 e. The fourth-order valence-corrected chi connectivity index (χ4v) is 7.72. The number of benzene rings is 4. The predicted octanol–water partition coefficient (Wildman–Crippen LogP) is 8.63. The number of imidazole rings is 2. The monoisotopic (exact) mass is 826 g/mol. The summed E-state index contributed by atoms with van der Waals surface area (Å²) in [5.74, 6) is 1.74. The molecule has 2 aliphatic heterocycles. The lowest BCUT2D eigenvalue weighted by atomic mass is 9.98. The first-order valence-corrected chi connectivity index (χ1v) is 21.1. The van der Waals surface area contributed by atoms with E-state index in [-0.39, 0.29) is 24.5 Å². The number of likely N-dealkylation sites (N-methyl/N-ethyl adjacent to an activating group) is 1. The van der Waals surface area contributed by atoms with Gasteiger partial charge in [-0.05, 0) is 98.5 Å². The molecule has 12 nitrogen and oxygen atoms in total. The van der Waals surface area contributed by atoms with Crippen LogP contribution in [0.4, 0.5) is 0 Å². The van der Waals surface area contributed by atoms with E-state index in [0.717, 1.165) is 77.2 Å². The van der Waals surface area contributed by atoms with Gasteiger partial charge in [0, 0.05) is 26.3 Å². The third-order valence-electron chi connectivity index (χ3n) is 10.8. The molecule has 8 rings (SSSR count). The normalized spacial score (nSPS) is 16.4. The average Bonchev–Trinajstić information content (AvgIpc) is 4.12. The lowest BCUT2D eigenvalue weighted by Crippen LogP contribution is -2.37. The summed E-state index contributed by atoms with van der Waals surface area (Å²) in [5.41, 5.74) is 7.53. The molecule has 3 N–H and O–H groups in total. The second-order valence-corrected chi connectivity index (χ2v) is 15.7. The number of H-pyrrole nitrogens is 2.